The first-order valence-corrected chi connectivity index (χ1v) is 4.62. The van der Waals surface area contributed by atoms with Gasteiger partial charge >= 0.3 is 5.97 Å². The second kappa shape index (κ2) is 4.45. The number of nitrogens with one attached hydrogen (secondary N) is 1. The van der Waals surface area contributed by atoms with Gasteiger partial charge in [0.05, 0.1) is 0 Å². The van der Waals surface area contributed by atoms with Crippen molar-refractivity contribution in [3.05, 3.63) is 0 Å². The molecule has 3 heteroatoms. The summed E-state index contributed by atoms with van der Waals surface area (Å²) in [6.45, 7) is 4.17. The molecule has 1 rings (SSSR count). The zero-order valence-corrected chi connectivity index (χ0v) is 7.55. The van der Waals surface area contributed by atoms with Gasteiger partial charge in [-0.2, -0.15) is 0 Å². The fraction of sp³-hybridized carbons (Fsp3) is 0.889. The van der Waals surface area contributed by atoms with Crippen molar-refractivity contribution >= 4 is 5.97 Å². The summed E-state index contributed by atoms with van der Waals surface area (Å²) in [5, 5.41) is 11.6. The Morgan fingerprint density at radius 2 is 2.33 bits per heavy atom. The summed E-state index contributed by atoms with van der Waals surface area (Å²) >= 11 is 0. The number of hydrogen-bond acceptors (Lipinski definition) is 2. The smallest absolute Gasteiger partial charge is 0.303 e. The molecule has 0 aliphatic heterocycles. The molecule has 2 unspecified atom stereocenters. The molecule has 3 nitrogen and oxygen atoms in total. The lowest BCUT2D eigenvalue weighted by Gasteiger charge is -2.01. The molecular formula is C9H17NO2. The summed E-state index contributed by atoms with van der Waals surface area (Å²) in [4.78, 5) is 10.1. The van der Waals surface area contributed by atoms with E-state index in [4.69, 9.17) is 5.11 Å². The van der Waals surface area contributed by atoms with Crippen molar-refractivity contribution in [1.29, 1.82) is 0 Å². The van der Waals surface area contributed by atoms with E-state index < -0.39 is 5.97 Å². The Morgan fingerprint density at radius 3 is 2.83 bits per heavy atom. The number of carboxylic acids is 1. The number of carboxylic acid groups (broad SMARTS) is 1. The lowest BCUT2D eigenvalue weighted by Crippen LogP contribution is -2.19. The van der Waals surface area contributed by atoms with E-state index in [0.717, 1.165) is 31.3 Å². The molecule has 0 aromatic rings. The van der Waals surface area contributed by atoms with Crippen molar-refractivity contribution in [2.75, 3.05) is 13.1 Å². The molecule has 0 amide bonds. The van der Waals surface area contributed by atoms with Gasteiger partial charge in [0.1, 0.15) is 0 Å². The third kappa shape index (κ3) is 3.72. The first-order chi connectivity index (χ1) is 5.70. The van der Waals surface area contributed by atoms with E-state index >= 15 is 0 Å². The third-order valence-corrected chi connectivity index (χ3v) is 2.43. The van der Waals surface area contributed by atoms with Gasteiger partial charge in [0.2, 0.25) is 0 Å². The minimum atomic E-state index is -0.698. The normalized spacial score (nSPS) is 27.1. The van der Waals surface area contributed by atoms with E-state index in [1.54, 1.807) is 0 Å². The van der Waals surface area contributed by atoms with E-state index in [1.807, 2.05) is 0 Å². The molecule has 1 saturated carbocycles. The Hall–Kier alpha value is -0.570. The van der Waals surface area contributed by atoms with Crippen LogP contribution in [-0.2, 0) is 4.79 Å². The Kier molecular flexibility index (Phi) is 3.53. The average Bonchev–Trinajstić information content (AvgIpc) is 2.65. The Labute approximate surface area is 73.2 Å². The molecule has 0 aromatic heterocycles. The topological polar surface area (TPSA) is 49.3 Å². The maximum atomic E-state index is 10.1. The predicted octanol–water partition coefficient (Wildman–Crippen LogP) is 1.10. The van der Waals surface area contributed by atoms with Crippen LogP contribution < -0.4 is 5.32 Å². The largest absolute Gasteiger partial charge is 0.481 e. The van der Waals surface area contributed by atoms with Crippen molar-refractivity contribution < 1.29 is 9.90 Å². The maximum absolute atomic E-state index is 10.1. The first kappa shape index (κ1) is 9.52. The van der Waals surface area contributed by atoms with Crippen molar-refractivity contribution in [3.63, 3.8) is 0 Å². The second-order valence-corrected chi connectivity index (χ2v) is 3.67. The number of hydrogen-bond donors (Lipinski definition) is 2. The standard InChI is InChI=1S/C9H17NO2/c1-7-5-8(7)6-10-4-2-3-9(11)12/h7-8,10H,2-6H2,1H3,(H,11,12). The monoisotopic (exact) mass is 171 g/mol. The Bertz CT molecular complexity index is 159. The fourth-order valence-corrected chi connectivity index (χ4v) is 1.34. The third-order valence-electron chi connectivity index (χ3n) is 2.43. The van der Waals surface area contributed by atoms with Crippen molar-refractivity contribution in [2.45, 2.75) is 26.2 Å². The molecule has 0 radical (unpaired) electrons. The van der Waals surface area contributed by atoms with E-state index in [2.05, 4.69) is 12.2 Å². The van der Waals surface area contributed by atoms with Crippen LogP contribution in [0.3, 0.4) is 0 Å². The highest BCUT2D eigenvalue weighted by molar-refractivity contribution is 5.66. The summed E-state index contributed by atoms with van der Waals surface area (Å²) in [7, 11) is 0. The molecule has 0 spiro atoms. The highest BCUT2D eigenvalue weighted by Gasteiger charge is 2.31. The lowest BCUT2D eigenvalue weighted by atomic mass is 10.3. The van der Waals surface area contributed by atoms with Crippen LogP contribution in [0, 0.1) is 11.8 Å². The predicted molar refractivity (Wildman–Crippen MR) is 47.0 cm³/mol. The Morgan fingerprint density at radius 1 is 1.67 bits per heavy atom. The summed E-state index contributed by atoms with van der Waals surface area (Å²) in [6, 6.07) is 0. The minimum absolute atomic E-state index is 0.285. The second-order valence-electron chi connectivity index (χ2n) is 3.67. The molecule has 2 atom stereocenters. The van der Waals surface area contributed by atoms with Crippen LogP contribution >= 0.6 is 0 Å². The van der Waals surface area contributed by atoms with Gasteiger partial charge in [0.25, 0.3) is 0 Å². The molecule has 0 aromatic carbocycles. The van der Waals surface area contributed by atoms with Crippen molar-refractivity contribution in [2.24, 2.45) is 11.8 Å². The van der Waals surface area contributed by atoms with E-state index in [9.17, 15) is 4.79 Å². The molecule has 1 aliphatic rings. The molecule has 1 aliphatic carbocycles. The minimum Gasteiger partial charge on any atom is -0.481 e. The molecule has 12 heavy (non-hydrogen) atoms. The van der Waals surface area contributed by atoms with Gasteiger partial charge in [-0.15, -0.1) is 0 Å². The molecule has 2 N–H and O–H groups in total. The van der Waals surface area contributed by atoms with Crippen LogP contribution in [0.2, 0.25) is 0 Å². The fourth-order valence-electron chi connectivity index (χ4n) is 1.34. The zero-order valence-electron chi connectivity index (χ0n) is 7.55. The Balaban J connectivity index is 1.80. The summed E-state index contributed by atoms with van der Waals surface area (Å²) in [6.07, 6.45) is 2.37. The zero-order chi connectivity index (χ0) is 8.97. The molecule has 70 valence electrons. The molecule has 1 fully saturated rings. The maximum Gasteiger partial charge on any atom is 0.303 e. The highest BCUT2D eigenvalue weighted by atomic mass is 16.4. The number of carbonyl (C=O) groups is 1. The van der Waals surface area contributed by atoms with Crippen LogP contribution in [0.1, 0.15) is 26.2 Å². The molecule has 0 saturated heterocycles. The average molecular weight is 171 g/mol. The van der Waals surface area contributed by atoms with Crippen LogP contribution in [0.25, 0.3) is 0 Å². The van der Waals surface area contributed by atoms with Gasteiger partial charge in [-0.1, -0.05) is 6.92 Å². The van der Waals surface area contributed by atoms with E-state index in [0.29, 0.717) is 0 Å². The van der Waals surface area contributed by atoms with Crippen LogP contribution in [-0.4, -0.2) is 24.2 Å². The van der Waals surface area contributed by atoms with E-state index in [1.165, 1.54) is 6.42 Å². The number of rotatable bonds is 6. The quantitative estimate of drug-likeness (QED) is 0.588. The summed E-state index contributed by atoms with van der Waals surface area (Å²) in [5.74, 6) is 1.04. The summed E-state index contributed by atoms with van der Waals surface area (Å²) < 4.78 is 0. The highest BCUT2D eigenvalue weighted by Crippen LogP contribution is 2.36. The van der Waals surface area contributed by atoms with Gasteiger partial charge in [-0.25, -0.2) is 0 Å². The van der Waals surface area contributed by atoms with E-state index in [-0.39, 0.29) is 6.42 Å². The van der Waals surface area contributed by atoms with Gasteiger partial charge < -0.3 is 10.4 Å². The summed E-state index contributed by atoms with van der Waals surface area (Å²) in [5.41, 5.74) is 0. The van der Waals surface area contributed by atoms with Crippen LogP contribution in [0.5, 0.6) is 0 Å². The van der Waals surface area contributed by atoms with Gasteiger partial charge in [-0.3, -0.25) is 4.79 Å². The molecule has 0 bridgehead atoms. The van der Waals surface area contributed by atoms with Gasteiger partial charge in [0, 0.05) is 6.42 Å². The van der Waals surface area contributed by atoms with Gasteiger partial charge in [-0.05, 0) is 37.8 Å². The first-order valence-electron chi connectivity index (χ1n) is 4.62. The van der Waals surface area contributed by atoms with Crippen LogP contribution in [0.4, 0.5) is 0 Å². The SMILES string of the molecule is CC1CC1CNCCCC(=O)O. The lowest BCUT2D eigenvalue weighted by molar-refractivity contribution is -0.137. The van der Waals surface area contributed by atoms with Gasteiger partial charge in [0.15, 0.2) is 0 Å². The van der Waals surface area contributed by atoms with Crippen LogP contribution in [0.15, 0.2) is 0 Å². The molecular weight excluding hydrogens is 154 g/mol. The van der Waals surface area contributed by atoms with Crippen molar-refractivity contribution in [1.82, 2.24) is 5.32 Å². The number of aliphatic carboxylic acids is 1. The van der Waals surface area contributed by atoms with Crippen molar-refractivity contribution in [3.8, 4) is 0 Å². The molecule has 0 heterocycles.